The summed E-state index contributed by atoms with van der Waals surface area (Å²) in [5, 5.41) is 31.9. The van der Waals surface area contributed by atoms with E-state index in [-0.39, 0.29) is 40.3 Å². The average molecular weight is 387 g/mol. The van der Waals surface area contributed by atoms with Gasteiger partial charge < -0.3 is 15.3 Å². The normalized spacial score (nSPS) is 25.9. The third kappa shape index (κ3) is 3.26. The van der Waals surface area contributed by atoms with Crippen LogP contribution in [0.15, 0.2) is 18.2 Å². The maximum atomic E-state index is 10.9. The summed E-state index contributed by atoms with van der Waals surface area (Å²) in [7, 11) is 0. The summed E-state index contributed by atoms with van der Waals surface area (Å²) in [4.78, 5) is 0. The Kier molecular flexibility index (Phi) is 5.62. The highest BCUT2D eigenvalue weighted by atomic mass is 16.3. The van der Waals surface area contributed by atoms with Crippen LogP contribution in [0.2, 0.25) is 0 Å². The van der Waals surface area contributed by atoms with Gasteiger partial charge >= 0.3 is 0 Å². The molecule has 3 nitrogen and oxygen atoms in total. The first-order valence-electron chi connectivity index (χ1n) is 11.0. The van der Waals surface area contributed by atoms with Gasteiger partial charge in [0.25, 0.3) is 0 Å². The molecule has 0 amide bonds. The molecular weight excluding hydrogens is 348 g/mol. The number of phenols is 2. The van der Waals surface area contributed by atoms with Crippen LogP contribution in [0, 0.1) is 16.7 Å². The molecule has 0 heterocycles. The van der Waals surface area contributed by atoms with Gasteiger partial charge in [-0.05, 0) is 59.3 Å². The van der Waals surface area contributed by atoms with Gasteiger partial charge in [0.2, 0.25) is 0 Å². The summed E-state index contributed by atoms with van der Waals surface area (Å²) in [6, 6.07) is 3.70. The number of benzene rings is 1. The minimum absolute atomic E-state index is 0.0623. The third-order valence-corrected chi connectivity index (χ3v) is 7.95. The highest BCUT2D eigenvalue weighted by Crippen LogP contribution is 2.67. The molecule has 1 fully saturated rings. The minimum Gasteiger partial charge on any atom is -0.507 e. The summed E-state index contributed by atoms with van der Waals surface area (Å²) in [5.41, 5.74) is 2.17. The van der Waals surface area contributed by atoms with Crippen LogP contribution in [-0.2, 0) is 5.41 Å². The van der Waals surface area contributed by atoms with E-state index >= 15 is 0 Å². The van der Waals surface area contributed by atoms with Crippen LogP contribution in [0.5, 0.6) is 11.5 Å². The molecule has 2 aliphatic carbocycles. The molecule has 3 rings (SSSR count). The molecule has 1 aromatic carbocycles. The lowest BCUT2D eigenvalue weighted by molar-refractivity contribution is 0.0761. The standard InChI is InChI=1S/C25H38O3/c1-6-7-8-9-11-23(2,3)17-13-20(27)22(21(28)14-17)18-15-25(16-26)12-10-19(18)24(25,4)5/h13-15,19,26-28H,6-12,16H2,1-5H3. The molecule has 0 radical (unpaired) electrons. The van der Waals surface area contributed by atoms with Crippen molar-refractivity contribution in [3.05, 3.63) is 29.3 Å². The molecule has 1 aromatic rings. The Labute approximate surface area is 170 Å². The van der Waals surface area contributed by atoms with E-state index in [1.54, 1.807) is 0 Å². The first-order valence-corrected chi connectivity index (χ1v) is 11.0. The number of hydrogen-bond donors (Lipinski definition) is 3. The molecule has 0 saturated heterocycles. The van der Waals surface area contributed by atoms with Crippen molar-refractivity contribution in [3.63, 3.8) is 0 Å². The van der Waals surface area contributed by atoms with Gasteiger partial charge in [-0.25, -0.2) is 0 Å². The summed E-state index contributed by atoms with van der Waals surface area (Å²) in [6.45, 7) is 11.1. The zero-order valence-electron chi connectivity index (χ0n) is 18.3. The number of aliphatic hydroxyl groups excluding tert-OH is 1. The molecule has 2 atom stereocenters. The fourth-order valence-corrected chi connectivity index (χ4v) is 5.64. The van der Waals surface area contributed by atoms with E-state index < -0.39 is 0 Å². The number of allylic oxidation sites excluding steroid dienone is 1. The van der Waals surface area contributed by atoms with Crippen molar-refractivity contribution < 1.29 is 15.3 Å². The molecule has 1 saturated carbocycles. The van der Waals surface area contributed by atoms with Gasteiger partial charge in [-0.3, -0.25) is 0 Å². The minimum atomic E-state index is -0.247. The van der Waals surface area contributed by atoms with Crippen molar-refractivity contribution in [1.82, 2.24) is 0 Å². The van der Waals surface area contributed by atoms with Crippen LogP contribution in [0.1, 0.15) is 90.7 Å². The van der Waals surface area contributed by atoms with E-state index in [1.165, 1.54) is 19.3 Å². The van der Waals surface area contributed by atoms with Crippen LogP contribution in [0.25, 0.3) is 5.57 Å². The van der Waals surface area contributed by atoms with Crippen LogP contribution in [0.3, 0.4) is 0 Å². The first kappa shape index (κ1) is 21.2. The summed E-state index contributed by atoms with van der Waals surface area (Å²) >= 11 is 0. The molecule has 3 N–H and O–H groups in total. The number of rotatable bonds is 8. The lowest BCUT2D eigenvalue weighted by Crippen LogP contribution is -2.33. The maximum absolute atomic E-state index is 10.9. The molecule has 2 aliphatic rings. The van der Waals surface area contributed by atoms with Crippen molar-refractivity contribution in [1.29, 1.82) is 0 Å². The number of unbranched alkanes of at least 4 members (excludes halogenated alkanes) is 3. The lowest BCUT2D eigenvalue weighted by atomic mass is 9.69. The Balaban J connectivity index is 1.91. The van der Waals surface area contributed by atoms with Gasteiger partial charge in [-0.2, -0.15) is 0 Å². The topological polar surface area (TPSA) is 60.7 Å². The maximum Gasteiger partial charge on any atom is 0.127 e. The van der Waals surface area contributed by atoms with E-state index in [4.69, 9.17) is 0 Å². The SMILES string of the molecule is CCCCCCC(C)(C)c1cc(O)c(C2=CC3(CO)CCC2C3(C)C)c(O)c1. The predicted molar refractivity (Wildman–Crippen MR) is 116 cm³/mol. The predicted octanol–water partition coefficient (Wildman–Crippen LogP) is 6.16. The smallest absolute Gasteiger partial charge is 0.127 e. The molecule has 2 unspecified atom stereocenters. The Morgan fingerprint density at radius 3 is 2.25 bits per heavy atom. The Morgan fingerprint density at radius 1 is 1.07 bits per heavy atom. The van der Waals surface area contributed by atoms with Gasteiger partial charge in [-0.15, -0.1) is 0 Å². The van der Waals surface area contributed by atoms with Crippen LogP contribution < -0.4 is 0 Å². The van der Waals surface area contributed by atoms with Crippen LogP contribution >= 0.6 is 0 Å². The number of aromatic hydroxyl groups is 2. The largest absolute Gasteiger partial charge is 0.507 e. The molecule has 0 spiro atoms. The second kappa shape index (κ2) is 7.40. The molecule has 0 aromatic heterocycles. The summed E-state index contributed by atoms with van der Waals surface area (Å²) < 4.78 is 0. The van der Waals surface area contributed by atoms with E-state index in [2.05, 4.69) is 40.7 Å². The van der Waals surface area contributed by atoms with Gasteiger partial charge in [0.15, 0.2) is 0 Å². The lowest BCUT2D eigenvalue weighted by Gasteiger charge is -2.35. The fourth-order valence-electron chi connectivity index (χ4n) is 5.64. The number of fused-ring (bicyclic) bond motifs is 2. The van der Waals surface area contributed by atoms with Crippen LogP contribution in [0.4, 0.5) is 0 Å². The molecule has 0 aliphatic heterocycles. The molecule has 2 bridgehead atoms. The van der Waals surface area contributed by atoms with Crippen LogP contribution in [-0.4, -0.2) is 21.9 Å². The Hall–Kier alpha value is -1.48. The zero-order valence-corrected chi connectivity index (χ0v) is 18.3. The fraction of sp³-hybridized carbons (Fsp3) is 0.680. The number of aliphatic hydroxyl groups is 1. The summed E-state index contributed by atoms with van der Waals surface area (Å²) in [5.74, 6) is 0.586. The van der Waals surface area contributed by atoms with Crippen molar-refractivity contribution >= 4 is 5.57 Å². The Morgan fingerprint density at radius 2 is 1.71 bits per heavy atom. The van der Waals surface area contributed by atoms with Crippen molar-refractivity contribution in [2.24, 2.45) is 16.7 Å². The molecular formula is C25H38O3. The van der Waals surface area contributed by atoms with Crippen molar-refractivity contribution in [2.45, 2.75) is 85.0 Å². The average Bonchev–Trinajstić information content (AvgIpc) is 3.01. The highest BCUT2D eigenvalue weighted by Gasteiger charge is 2.59. The molecule has 3 heteroatoms. The van der Waals surface area contributed by atoms with E-state index in [0.717, 1.165) is 36.8 Å². The van der Waals surface area contributed by atoms with Gasteiger partial charge in [0.05, 0.1) is 12.2 Å². The van der Waals surface area contributed by atoms with Gasteiger partial charge in [0.1, 0.15) is 11.5 Å². The van der Waals surface area contributed by atoms with E-state index in [9.17, 15) is 15.3 Å². The number of phenolic OH excluding ortho intramolecular Hbond substituents is 2. The first-order chi connectivity index (χ1) is 13.1. The monoisotopic (exact) mass is 386 g/mol. The third-order valence-electron chi connectivity index (χ3n) is 7.95. The molecule has 156 valence electrons. The second-order valence-electron chi connectivity index (χ2n) is 10.3. The summed E-state index contributed by atoms with van der Waals surface area (Å²) in [6.07, 6.45) is 9.98. The van der Waals surface area contributed by atoms with Gasteiger partial charge in [0, 0.05) is 5.41 Å². The zero-order chi connectivity index (χ0) is 20.7. The quantitative estimate of drug-likeness (QED) is 0.469. The second-order valence-corrected chi connectivity index (χ2v) is 10.3. The highest BCUT2D eigenvalue weighted by molar-refractivity contribution is 5.80. The number of hydrogen-bond acceptors (Lipinski definition) is 3. The molecule has 28 heavy (non-hydrogen) atoms. The van der Waals surface area contributed by atoms with E-state index in [1.807, 2.05) is 12.1 Å². The van der Waals surface area contributed by atoms with Crippen molar-refractivity contribution in [2.75, 3.05) is 6.61 Å². The van der Waals surface area contributed by atoms with E-state index in [0.29, 0.717) is 5.56 Å². The Bertz CT molecular complexity index is 736. The van der Waals surface area contributed by atoms with Gasteiger partial charge in [-0.1, -0.05) is 66.4 Å². The van der Waals surface area contributed by atoms with Crippen molar-refractivity contribution in [3.8, 4) is 11.5 Å².